The number of ether oxygens (including phenoxy) is 1. The number of methoxy groups -OCH3 is 1. The van der Waals surface area contributed by atoms with Gasteiger partial charge in [0.05, 0.1) is 24.6 Å². The minimum Gasteiger partial charge on any atom is -0.496 e. The molecule has 1 aromatic carbocycles. The number of aryl methyl sites for hydroxylation is 1. The lowest BCUT2D eigenvalue weighted by molar-refractivity contribution is 0.415. The standard InChI is InChI=1S/C14H17N3O/c1-10-3-4-13(18-2)12(7-10)14-16-9-11-8-15-5-6-17(11)14/h3-4,7,9,15H,5-6,8H2,1-2H3. The lowest BCUT2D eigenvalue weighted by atomic mass is 10.1. The summed E-state index contributed by atoms with van der Waals surface area (Å²) in [5, 5.41) is 3.35. The second kappa shape index (κ2) is 4.46. The molecular formula is C14H17N3O. The van der Waals surface area contributed by atoms with Crippen LogP contribution in [-0.4, -0.2) is 23.2 Å². The van der Waals surface area contributed by atoms with E-state index < -0.39 is 0 Å². The van der Waals surface area contributed by atoms with Crippen molar-refractivity contribution in [3.8, 4) is 17.1 Å². The molecule has 0 spiro atoms. The van der Waals surface area contributed by atoms with Gasteiger partial charge >= 0.3 is 0 Å². The van der Waals surface area contributed by atoms with E-state index in [1.54, 1.807) is 7.11 Å². The lowest BCUT2D eigenvalue weighted by Gasteiger charge is -2.18. The quantitative estimate of drug-likeness (QED) is 0.876. The zero-order chi connectivity index (χ0) is 12.5. The molecular weight excluding hydrogens is 226 g/mol. The van der Waals surface area contributed by atoms with Gasteiger partial charge in [0.15, 0.2) is 0 Å². The van der Waals surface area contributed by atoms with E-state index in [0.717, 1.165) is 36.8 Å². The molecule has 2 aromatic rings. The molecule has 0 saturated carbocycles. The Morgan fingerprint density at radius 3 is 3.11 bits per heavy atom. The fourth-order valence-corrected chi connectivity index (χ4v) is 2.42. The molecule has 1 aromatic heterocycles. The van der Waals surface area contributed by atoms with Crippen molar-refractivity contribution in [1.29, 1.82) is 0 Å². The molecule has 1 N–H and O–H groups in total. The highest BCUT2D eigenvalue weighted by Crippen LogP contribution is 2.31. The predicted octanol–water partition coefficient (Wildman–Crippen LogP) is 1.97. The fraction of sp³-hybridized carbons (Fsp3) is 0.357. The summed E-state index contributed by atoms with van der Waals surface area (Å²) in [6, 6.07) is 6.20. The van der Waals surface area contributed by atoms with Crippen LogP contribution in [0.15, 0.2) is 24.4 Å². The van der Waals surface area contributed by atoms with Gasteiger partial charge in [-0.3, -0.25) is 0 Å². The van der Waals surface area contributed by atoms with Gasteiger partial charge in [0.2, 0.25) is 0 Å². The number of aromatic nitrogens is 2. The summed E-state index contributed by atoms with van der Waals surface area (Å²) in [4.78, 5) is 4.56. The van der Waals surface area contributed by atoms with Crippen LogP contribution in [0.4, 0.5) is 0 Å². The molecule has 0 fully saturated rings. The number of nitrogens with zero attached hydrogens (tertiary/aromatic N) is 2. The van der Waals surface area contributed by atoms with Crippen molar-refractivity contribution in [2.45, 2.75) is 20.0 Å². The average Bonchev–Trinajstić information content (AvgIpc) is 2.82. The van der Waals surface area contributed by atoms with Crippen LogP contribution >= 0.6 is 0 Å². The van der Waals surface area contributed by atoms with Crippen molar-refractivity contribution in [3.05, 3.63) is 35.7 Å². The number of hydrogen-bond donors (Lipinski definition) is 1. The second-order valence-electron chi connectivity index (χ2n) is 4.61. The fourth-order valence-electron chi connectivity index (χ4n) is 2.42. The molecule has 0 radical (unpaired) electrons. The van der Waals surface area contributed by atoms with Gasteiger partial charge in [-0.15, -0.1) is 0 Å². The van der Waals surface area contributed by atoms with Crippen LogP contribution in [0.25, 0.3) is 11.4 Å². The highest BCUT2D eigenvalue weighted by molar-refractivity contribution is 5.66. The third-order valence-electron chi connectivity index (χ3n) is 3.35. The molecule has 3 rings (SSSR count). The van der Waals surface area contributed by atoms with Gasteiger partial charge in [-0.25, -0.2) is 4.98 Å². The molecule has 0 amide bonds. The molecule has 2 heterocycles. The normalized spacial score (nSPS) is 14.3. The number of nitrogens with one attached hydrogen (secondary N) is 1. The molecule has 0 bridgehead atoms. The molecule has 0 aliphatic carbocycles. The maximum absolute atomic E-state index is 5.45. The summed E-state index contributed by atoms with van der Waals surface area (Å²) in [7, 11) is 1.70. The summed E-state index contributed by atoms with van der Waals surface area (Å²) < 4.78 is 7.72. The number of fused-ring (bicyclic) bond motifs is 1. The first kappa shape index (κ1) is 11.3. The van der Waals surface area contributed by atoms with Crippen LogP contribution in [0.5, 0.6) is 5.75 Å². The van der Waals surface area contributed by atoms with Crippen LogP contribution in [0.2, 0.25) is 0 Å². The van der Waals surface area contributed by atoms with Gasteiger partial charge in [-0.05, 0) is 19.1 Å². The molecule has 4 nitrogen and oxygen atoms in total. The van der Waals surface area contributed by atoms with Crippen molar-refractivity contribution in [2.24, 2.45) is 0 Å². The van der Waals surface area contributed by atoms with Gasteiger partial charge < -0.3 is 14.6 Å². The number of imidazole rings is 1. The minimum atomic E-state index is 0.882. The van der Waals surface area contributed by atoms with E-state index in [9.17, 15) is 0 Å². The van der Waals surface area contributed by atoms with Crippen molar-refractivity contribution < 1.29 is 4.74 Å². The van der Waals surface area contributed by atoms with E-state index in [1.807, 2.05) is 12.3 Å². The molecule has 1 aliphatic rings. The molecule has 0 unspecified atom stereocenters. The summed E-state index contributed by atoms with van der Waals surface area (Å²) in [6.45, 7) is 4.93. The highest BCUT2D eigenvalue weighted by Gasteiger charge is 2.17. The van der Waals surface area contributed by atoms with Crippen molar-refractivity contribution in [2.75, 3.05) is 13.7 Å². The Bertz CT molecular complexity index is 574. The molecule has 4 heteroatoms. The highest BCUT2D eigenvalue weighted by atomic mass is 16.5. The van der Waals surface area contributed by atoms with Gasteiger partial charge in [0.1, 0.15) is 11.6 Å². The third-order valence-corrected chi connectivity index (χ3v) is 3.35. The summed E-state index contributed by atoms with van der Waals surface area (Å²) >= 11 is 0. The van der Waals surface area contributed by atoms with E-state index in [2.05, 4.69) is 33.9 Å². The summed E-state index contributed by atoms with van der Waals surface area (Å²) in [5.74, 6) is 1.89. The van der Waals surface area contributed by atoms with E-state index in [0.29, 0.717) is 0 Å². The number of benzene rings is 1. The number of rotatable bonds is 2. The maximum Gasteiger partial charge on any atom is 0.143 e. The Labute approximate surface area is 107 Å². The molecule has 0 atom stereocenters. The number of hydrogen-bond acceptors (Lipinski definition) is 3. The van der Waals surface area contributed by atoms with E-state index >= 15 is 0 Å². The first-order valence-electron chi connectivity index (χ1n) is 6.19. The van der Waals surface area contributed by atoms with Gasteiger partial charge in [0.25, 0.3) is 0 Å². The zero-order valence-electron chi connectivity index (χ0n) is 10.7. The Morgan fingerprint density at radius 2 is 2.28 bits per heavy atom. The van der Waals surface area contributed by atoms with Crippen LogP contribution in [0.3, 0.4) is 0 Å². The lowest BCUT2D eigenvalue weighted by Crippen LogP contribution is -2.27. The zero-order valence-corrected chi connectivity index (χ0v) is 10.7. The summed E-state index contributed by atoms with van der Waals surface area (Å²) in [5.41, 5.74) is 3.53. The van der Waals surface area contributed by atoms with Crippen molar-refractivity contribution >= 4 is 0 Å². The largest absolute Gasteiger partial charge is 0.496 e. The first-order valence-corrected chi connectivity index (χ1v) is 6.19. The van der Waals surface area contributed by atoms with Crippen LogP contribution < -0.4 is 10.1 Å². The van der Waals surface area contributed by atoms with Crippen molar-refractivity contribution in [1.82, 2.24) is 14.9 Å². The van der Waals surface area contributed by atoms with Crippen LogP contribution in [-0.2, 0) is 13.1 Å². The minimum absolute atomic E-state index is 0.882. The second-order valence-corrected chi connectivity index (χ2v) is 4.61. The maximum atomic E-state index is 5.45. The molecule has 1 aliphatic heterocycles. The predicted molar refractivity (Wildman–Crippen MR) is 70.7 cm³/mol. The van der Waals surface area contributed by atoms with E-state index in [1.165, 1.54) is 11.3 Å². The SMILES string of the molecule is COc1ccc(C)cc1-c1ncc2n1CCNC2. The van der Waals surface area contributed by atoms with Gasteiger partial charge in [-0.1, -0.05) is 11.6 Å². The molecule has 0 saturated heterocycles. The molecule has 94 valence electrons. The van der Waals surface area contributed by atoms with E-state index in [-0.39, 0.29) is 0 Å². The third kappa shape index (κ3) is 1.78. The Balaban J connectivity index is 2.14. The van der Waals surface area contributed by atoms with Crippen LogP contribution in [0, 0.1) is 6.92 Å². The van der Waals surface area contributed by atoms with E-state index in [4.69, 9.17) is 4.74 Å². The van der Waals surface area contributed by atoms with Gasteiger partial charge in [-0.2, -0.15) is 0 Å². The topological polar surface area (TPSA) is 39.1 Å². The van der Waals surface area contributed by atoms with Crippen molar-refractivity contribution in [3.63, 3.8) is 0 Å². The Kier molecular flexibility index (Phi) is 2.80. The molecule has 18 heavy (non-hydrogen) atoms. The monoisotopic (exact) mass is 243 g/mol. The first-order chi connectivity index (χ1) is 8.79. The average molecular weight is 243 g/mol. The summed E-state index contributed by atoms with van der Waals surface area (Å²) in [6.07, 6.45) is 1.95. The van der Waals surface area contributed by atoms with Gasteiger partial charge in [0, 0.05) is 19.6 Å². The Morgan fingerprint density at radius 1 is 1.39 bits per heavy atom. The van der Waals surface area contributed by atoms with Crippen LogP contribution in [0.1, 0.15) is 11.3 Å². The Hall–Kier alpha value is -1.81. The smallest absolute Gasteiger partial charge is 0.143 e.